The predicted molar refractivity (Wildman–Crippen MR) is 83.8 cm³/mol. The minimum atomic E-state index is -0.486. The van der Waals surface area contributed by atoms with Crippen LogP contribution in [0.3, 0.4) is 0 Å². The Balaban J connectivity index is 1.65. The van der Waals surface area contributed by atoms with E-state index in [0.717, 1.165) is 29.6 Å². The Kier molecular flexibility index (Phi) is 3.22. The van der Waals surface area contributed by atoms with E-state index in [4.69, 9.17) is 9.15 Å². The summed E-state index contributed by atoms with van der Waals surface area (Å²) in [6.07, 6.45) is 5.55. The van der Waals surface area contributed by atoms with Gasteiger partial charge in [0.1, 0.15) is 23.3 Å². The molecule has 0 N–H and O–H groups in total. The first-order valence-electron chi connectivity index (χ1n) is 7.53. The van der Waals surface area contributed by atoms with E-state index < -0.39 is 4.92 Å². The zero-order valence-electron chi connectivity index (χ0n) is 12.3. The van der Waals surface area contributed by atoms with Gasteiger partial charge in [-0.3, -0.25) is 10.1 Å². The normalized spacial score (nSPS) is 13.7. The van der Waals surface area contributed by atoms with Gasteiger partial charge in [-0.1, -0.05) is 0 Å². The molecule has 6 nitrogen and oxygen atoms in total. The van der Waals surface area contributed by atoms with Gasteiger partial charge >= 0.3 is 0 Å². The zero-order chi connectivity index (χ0) is 15.8. The van der Waals surface area contributed by atoms with Crippen molar-refractivity contribution in [2.24, 2.45) is 0 Å². The molecule has 0 spiro atoms. The molecule has 0 saturated carbocycles. The lowest BCUT2D eigenvalue weighted by Gasteiger charge is -2.09. The smallest absolute Gasteiger partial charge is 0.287 e. The Bertz CT molecular complexity index is 883. The molecule has 0 radical (unpaired) electrons. The number of furan rings is 1. The van der Waals surface area contributed by atoms with E-state index in [0.29, 0.717) is 11.6 Å². The quantitative estimate of drug-likeness (QED) is 0.529. The highest BCUT2D eigenvalue weighted by Crippen LogP contribution is 2.34. The Morgan fingerprint density at radius 3 is 2.83 bits per heavy atom. The molecule has 116 valence electrons. The molecule has 2 heterocycles. The summed E-state index contributed by atoms with van der Waals surface area (Å²) in [5.41, 5.74) is 2.09. The number of hydrogen-bond donors (Lipinski definition) is 0. The number of nitrogens with zero attached hydrogens (tertiary/aromatic N) is 2. The van der Waals surface area contributed by atoms with Crippen molar-refractivity contribution in [2.45, 2.75) is 25.7 Å². The van der Waals surface area contributed by atoms with Crippen LogP contribution < -0.4 is 4.74 Å². The van der Waals surface area contributed by atoms with Gasteiger partial charge in [0.2, 0.25) is 5.88 Å². The average Bonchev–Trinajstić information content (AvgIpc) is 2.93. The van der Waals surface area contributed by atoms with Crippen LogP contribution in [0.25, 0.3) is 11.0 Å². The summed E-state index contributed by atoms with van der Waals surface area (Å²) in [7, 11) is 0. The van der Waals surface area contributed by atoms with Crippen LogP contribution in [0.5, 0.6) is 11.6 Å². The molecule has 1 aromatic carbocycles. The molecule has 0 saturated heterocycles. The Hall–Kier alpha value is -2.89. The second-order valence-corrected chi connectivity index (χ2v) is 5.58. The number of pyridine rings is 1. The van der Waals surface area contributed by atoms with Crippen molar-refractivity contribution in [1.82, 2.24) is 4.98 Å². The lowest BCUT2D eigenvalue weighted by molar-refractivity contribution is -0.385. The molecule has 1 aliphatic rings. The topological polar surface area (TPSA) is 78.4 Å². The lowest BCUT2D eigenvalue weighted by atomic mass is 9.96. The number of rotatable bonds is 3. The maximum Gasteiger partial charge on any atom is 0.287 e. The molecule has 0 aliphatic heterocycles. The van der Waals surface area contributed by atoms with Gasteiger partial charge in [-0.05, 0) is 37.5 Å². The zero-order valence-corrected chi connectivity index (χ0v) is 12.3. The molecule has 2 aromatic heterocycles. The molecule has 0 atom stereocenters. The molecular weight excluding hydrogens is 296 g/mol. The number of hydrogen-bond acceptors (Lipinski definition) is 5. The lowest BCUT2D eigenvalue weighted by Crippen LogP contribution is -1.98. The van der Waals surface area contributed by atoms with Crippen LogP contribution in [0.15, 0.2) is 40.9 Å². The van der Waals surface area contributed by atoms with Crippen molar-refractivity contribution in [1.29, 1.82) is 0 Å². The monoisotopic (exact) mass is 310 g/mol. The van der Waals surface area contributed by atoms with Gasteiger partial charge in [0, 0.05) is 29.5 Å². The van der Waals surface area contributed by atoms with E-state index in [2.05, 4.69) is 4.98 Å². The highest BCUT2D eigenvalue weighted by Gasteiger charge is 2.18. The van der Waals surface area contributed by atoms with E-state index in [1.807, 2.05) is 18.2 Å². The first kappa shape index (κ1) is 13.8. The fourth-order valence-corrected chi connectivity index (χ4v) is 2.97. The number of nitro groups is 1. The van der Waals surface area contributed by atoms with Crippen LogP contribution in [0, 0.1) is 10.1 Å². The SMILES string of the molecule is O=[N+]([O-])c1ccc(Oc2ccc3oc4c(c3c2)CCCC4)nc1. The summed E-state index contributed by atoms with van der Waals surface area (Å²) in [6, 6.07) is 8.54. The van der Waals surface area contributed by atoms with Gasteiger partial charge in [0.25, 0.3) is 5.69 Å². The molecule has 0 bridgehead atoms. The van der Waals surface area contributed by atoms with Gasteiger partial charge in [-0.2, -0.15) is 0 Å². The van der Waals surface area contributed by atoms with Gasteiger partial charge in [0.15, 0.2) is 0 Å². The van der Waals surface area contributed by atoms with Crippen LogP contribution in [0.4, 0.5) is 5.69 Å². The van der Waals surface area contributed by atoms with Crippen LogP contribution >= 0.6 is 0 Å². The minimum Gasteiger partial charge on any atom is -0.461 e. The summed E-state index contributed by atoms with van der Waals surface area (Å²) in [5, 5.41) is 11.7. The van der Waals surface area contributed by atoms with E-state index in [-0.39, 0.29) is 5.69 Å². The van der Waals surface area contributed by atoms with Crippen molar-refractivity contribution < 1.29 is 14.1 Å². The summed E-state index contributed by atoms with van der Waals surface area (Å²) in [4.78, 5) is 14.1. The van der Waals surface area contributed by atoms with Gasteiger partial charge in [-0.15, -0.1) is 0 Å². The fourth-order valence-electron chi connectivity index (χ4n) is 2.97. The maximum atomic E-state index is 10.6. The third kappa shape index (κ3) is 2.52. The van der Waals surface area contributed by atoms with Gasteiger partial charge in [-0.25, -0.2) is 4.98 Å². The third-order valence-electron chi connectivity index (χ3n) is 4.08. The van der Waals surface area contributed by atoms with Crippen molar-refractivity contribution in [2.75, 3.05) is 0 Å². The number of fused-ring (bicyclic) bond motifs is 3. The summed E-state index contributed by atoms with van der Waals surface area (Å²) in [5.74, 6) is 2.05. The van der Waals surface area contributed by atoms with Crippen LogP contribution in [0.2, 0.25) is 0 Å². The van der Waals surface area contributed by atoms with E-state index >= 15 is 0 Å². The highest BCUT2D eigenvalue weighted by atomic mass is 16.6. The van der Waals surface area contributed by atoms with Crippen molar-refractivity contribution >= 4 is 16.7 Å². The van der Waals surface area contributed by atoms with E-state index in [1.54, 1.807) is 0 Å². The second kappa shape index (κ2) is 5.39. The maximum absolute atomic E-state index is 10.6. The Morgan fingerprint density at radius 1 is 1.17 bits per heavy atom. The minimum absolute atomic E-state index is 0.0586. The highest BCUT2D eigenvalue weighted by molar-refractivity contribution is 5.84. The molecule has 23 heavy (non-hydrogen) atoms. The summed E-state index contributed by atoms with van der Waals surface area (Å²) in [6.45, 7) is 0. The molecule has 0 amide bonds. The number of aromatic nitrogens is 1. The number of ether oxygens (including phenoxy) is 1. The van der Waals surface area contributed by atoms with Crippen molar-refractivity contribution in [3.05, 3.63) is 58.0 Å². The van der Waals surface area contributed by atoms with Crippen molar-refractivity contribution in [3.63, 3.8) is 0 Å². The van der Waals surface area contributed by atoms with Gasteiger partial charge < -0.3 is 9.15 Å². The first-order chi connectivity index (χ1) is 11.2. The molecule has 4 rings (SSSR count). The standard InChI is InChI=1S/C17H14N2O4/c20-19(21)11-5-8-17(18-10-11)22-12-6-7-16-14(9-12)13-3-1-2-4-15(13)23-16/h5-10H,1-4H2. The van der Waals surface area contributed by atoms with Crippen molar-refractivity contribution in [3.8, 4) is 11.6 Å². The molecule has 0 fully saturated rings. The molecular formula is C17H14N2O4. The Morgan fingerprint density at radius 2 is 2.04 bits per heavy atom. The molecule has 0 unspecified atom stereocenters. The van der Waals surface area contributed by atoms with E-state index in [1.165, 1.54) is 36.7 Å². The van der Waals surface area contributed by atoms with Crippen LogP contribution in [-0.4, -0.2) is 9.91 Å². The van der Waals surface area contributed by atoms with E-state index in [9.17, 15) is 10.1 Å². The molecule has 3 aromatic rings. The fraction of sp³-hybridized carbons (Fsp3) is 0.235. The average molecular weight is 310 g/mol. The largest absolute Gasteiger partial charge is 0.461 e. The molecule has 1 aliphatic carbocycles. The Labute approximate surface area is 131 Å². The summed E-state index contributed by atoms with van der Waals surface area (Å²) >= 11 is 0. The third-order valence-corrected chi connectivity index (χ3v) is 4.08. The van der Waals surface area contributed by atoms with Crippen LogP contribution in [0.1, 0.15) is 24.2 Å². The van der Waals surface area contributed by atoms with Gasteiger partial charge in [0.05, 0.1) is 4.92 Å². The molecule has 6 heteroatoms. The second-order valence-electron chi connectivity index (χ2n) is 5.58. The first-order valence-corrected chi connectivity index (χ1v) is 7.53. The van der Waals surface area contributed by atoms with Crippen LogP contribution in [-0.2, 0) is 12.8 Å². The predicted octanol–water partition coefficient (Wildman–Crippen LogP) is 4.41. The number of aryl methyl sites for hydroxylation is 2. The number of benzene rings is 1. The summed E-state index contributed by atoms with van der Waals surface area (Å²) < 4.78 is 11.6.